The average Bonchev–Trinajstić information content (AvgIpc) is 3.27. The van der Waals surface area contributed by atoms with Crippen LogP contribution in [0.15, 0.2) is 36.4 Å². The van der Waals surface area contributed by atoms with Gasteiger partial charge in [0, 0.05) is 30.5 Å². The van der Waals surface area contributed by atoms with E-state index in [4.69, 9.17) is 4.74 Å². The minimum atomic E-state index is -0.0835. The monoisotopic (exact) mass is 365 g/mol. The molecule has 1 aliphatic heterocycles. The number of fused-ring (bicyclic) bond motifs is 1. The van der Waals surface area contributed by atoms with Gasteiger partial charge in [-0.2, -0.15) is 0 Å². The summed E-state index contributed by atoms with van der Waals surface area (Å²) >= 11 is 0. The van der Waals surface area contributed by atoms with Crippen LogP contribution in [-0.2, 0) is 4.79 Å². The highest BCUT2D eigenvalue weighted by Crippen LogP contribution is 2.30. The fraction of sp³-hybridized carbons (Fsp3) is 0.478. The van der Waals surface area contributed by atoms with E-state index in [0.29, 0.717) is 6.54 Å². The van der Waals surface area contributed by atoms with Crippen LogP contribution < -0.4 is 4.74 Å². The van der Waals surface area contributed by atoms with Gasteiger partial charge in [-0.1, -0.05) is 31.0 Å². The zero-order valence-corrected chi connectivity index (χ0v) is 15.9. The van der Waals surface area contributed by atoms with Gasteiger partial charge in [-0.25, -0.2) is 0 Å². The molecule has 0 aromatic heterocycles. The predicted octanol–water partition coefficient (Wildman–Crippen LogP) is 4.46. The van der Waals surface area contributed by atoms with Crippen molar-refractivity contribution in [2.45, 2.75) is 38.5 Å². The largest absolute Gasteiger partial charge is 0.497 e. The molecule has 142 valence electrons. The number of ether oxygens (including phenoxy) is 1. The highest BCUT2D eigenvalue weighted by atomic mass is 16.5. The molecule has 1 aliphatic carbocycles. The van der Waals surface area contributed by atoms with Crippen molar-refractivity contribution in [3.63, 3.8) is 0 Å². The van der Waals surface area contributed by atoms with Gasteiger partial charge >= 0.3 is 0 Å². The second kappa shape index (κ2) is 7.71. The van der Waals surface area contributed by atoms with Crippen molar-refractivity contribution in [2.24, 2.45) is 11.8 Å². The molecule has 1 atom stereocenters. The molecule has 1 amide bonds. The van der Waals surface area contributed by atoms with Gasteiger partial charge in [-0.15, -0.1) is 0 Å². The maximum Gasteiger partial charge on any atom is 0.225 e. The van der Waals surface area contributed by atoms with Gasteiger partial charge in [0.15, 0.2) is 5.78 Å². The summed E-state index contributed by atoms with van der Waals surface area (Å²) in [5.74, 6) is 1.36. The number of ketones is 1. The van der Waals surface area contributed by atoms with Crippen LogP contribution in [0.1, 0.15) is 48.9 Å². The molecule has 2 aliphatic rings. The SMILES string of the molecule is COc1ccc2cc(C(=O)C3CCCN(C(=O)C4CCCC4)C3)ccc2c1. The van der Waals surface area contributed by atoms with Crippen LogP contribution in [0.4, 0.5) is 0 Å². The number of carbonyl (C=O) groups excluding carboxylic acids is 2. The van der Waals surface area contributed by atoms with Crippen LogP contribution in [0.25, 0.3) is 10.8 Å². The number of piperidine rings is 1. The van der Waals surface area contributed by atoms with Gasteiger partial charge in [0.05, 0.1) is 7.11 Å². The summed E-state index contributed by atoms with van der Waals surface area (Å²) in [6.07, 6.45) is 6.14. The molecule has 0 radical (unpaired) electrons. The normalized spacial score (nSPS) is 20.8. The number of amides is 1. The van der Waals surface area contributed by atoms with Crippen LogP contribution in [0, 0.1) is 11.8 Å². The number of methoxy groups -OCH3 is 1. The average molecular weight is 365 g/mol. The number of hydrogen-bond acceptors (Lipinski definition) is 3. The van der Waals surface area contributed by atoms with E-state index in [9.17, 15) is 9.59 Å². The standard InChI is InChI=1S/C23H27NO3/c1-27-21-11-10-17-13-19(9-8-18(17)14-21)22(25)20-7-4-12-24(15-20)23(26)16-5-2-3-6-16/h8-11,13-14,16,20H,2-7,12,15H2,1H3. The molecule has 1 unspecified atom stereocenters. The lowest BCUT2D eigenvalue weighted by Crippen LogP contribution is -2.44. The van der Waals surface area contributed by atoms with E-state index >= 15 is 0 Å². The minimum absolute atomic E-state index is 0.0835. The van der Waals surface area contributed by atoms with E-state index in [1.165, 1.54) is 0 Å². The van der Waals surface area contributed by atoms with E-state index in [2.05, 4.69) is 0 Å². The minimum Gasteiger partial charge on any atom is -0.497 e. The molecule has 2 aromatic rings. The maximum absolute atomic E-state index is 13.1. The topological polar surface area (TPSA) is 46.6 Å². The Morgan fingerprint density at radius 3 is 2.41 bits per heavy atom. The Labute approximate surface area is 160 Å². The molecule has 1 saturated heterocycles. The number of rotatable bonds is 4. The smallest absolute Gasteiger partial charge is 0.225 e. The Morgan fingerprint density at radius 1 is 0.926 bits per heavy atom. The summed E-state index contributed by atoms with van der Waals surface area (Å²) in [5.41, 5.74) is 0.743. The lowest BCUT2D eigenvalue weighted by Gasteiger charge is -2.33. The maximum atomic E-state index is 13.1. The van der Waals surface area contributed by atoms with E-state index in [1.807, 2.05) is 41.3 Å². The Bertz CT molecular complexity index is 854. The number of benzene rings is 2. The first-order chi connectivity index (χ1) is 13.2. The fourth-order valence-corrected chi connectivity index (χ4v) is 4.56. The zero-order valence-electron chi connectivity index (χ0n) is 15.9. The molecule has 2 aromatic carbocycles. The molecular formula is C23H27NO3. The van der Waals surface area contributed by atoms with Crippen LogP contribution in [0.5, 0.6) is 5.75 Å². The molecule has 27 heavy (non-hydrogen) atoms. The van der Waals surface area contributed by atoms with Crippen LogP contribution >= 0.6 is 0 Å². The highest BCUT2D eigenvalue weighted by Gasteiger charge is 2.33. The number of hydrogen-bond donors (Lipinski definition) is 0. The lowest BCUT2D eigenvalue weighted by molar-refractivity contribution is -0.136. The third-order valence-corrected chi connectivity index (χ3v) is 6.14. The van der Waals surface area contributed by atoms with Gasteiger partial charge in [-0.05, 0) is 54.7 Å². The van der Waals surface area contributed by atoms with E-state index < -0.39 is 0 Å². The Balaban J connectivity index is 1.49. The van der Waals surface area contributed by atoms with Gasteiger partial charge in [0.2, 0.25) is 5.91 Å². The molecule has 4 nitrogen and oxygen atoms in total. The van der Waals surface area contributed by atoms with Crippen molar-refractivity contribution in [1.82, 2.24) is 4.90 Å². The fourth-order valence-electron chi connectivity index (χ4n) is 4.56. The quantitative estimate of drug-likeness (QED) is 0.752. The highest BCUT2D eigenvalue weighted by molar-refractivity contribution is 6.01. The second-order valence-electron chi connectivity index (χ2n) is 7.90. The van der Waals surface area contributed by atoms with Crippen LogP contribution in [0.2, 0.25) is 0 Å². The second-order valence-corrected chi connectivity index (χ2v) is 7.90. The molecule has 0 N–H and O–H groups in total. The summed E-state index contributed by atoms with van der Waals surface area (Å²) in [6, 6.07) is 11.7. The van der Waals surface area contributed by atoms with Crippen molar-refractivity contribution >= 4 is 22.5 Å². The van der Waals surface area contributed by atoms with Crippen molar-refractivity contribution in [1.29, 1.82) is 0 Å². The van der Waals surface area contributed by atoms with Gasteiger partial charge < -0.3 is 9.64 Å². The molecule has 4 heteroatoms. The summed E-state index contributed by atoms with van der Waals surface area (Å²) < 4.78 is 5.27. The van der Waals surface area contributed by atoms with Gasteiger partial charge in [-0.3, -0.25) is 9.59 Å². The summed E-state index contributed by atoms with van der Waals surface area (Å²) in [6.45, 7) is 1.38. The Hall–Kier alpha value is -2.36. The molecule has 0 bridgehead atoms. The van der Waals surface area contributed by atoms with Crippen molar-refractivity contribution in [2.75, 3.05) is 20.2 Å². The van der Waals surface area contributed by atoms with Crippen molar-refractivity contribution in [3.05, 3.63) is 42.0 Å². The Morgan fingerprint density at radius 2 is 1.63 bits per heavy atom. The van der Waals surface area contributed by atoms with E-state index in [0.717, 1.165) is 67.2 Å². The first kappa shape index (κ1) is 18.0. The lowest BCUT2D eigenvalue weighted by atomic mass is 9.88. The third-order valence-electron chi connectivity index (χ3n) is 6.14. The first-order valence-corrected chi connectivity index (χ1v) is 10.1. The Kier molecular flexibility index (Phi) is 5.15. The number of carbonyl (C=O) groups is 2. The van der Waals surface area contributed by atoms with E-state index in [-0.39, 0.29) is 23.5 Å². The van der Waals surface area contributed by atoms with E-state index in [1.54, 1.807) is 7.11 Å². The van der Waals surface area contributed by atoms with Crippen LogP contribution in [-0.4, -0.2) is 36.8 Å². The number of likely N-dealkylation sites (tertiary alicyclic amines) is 1. The van der Waals surface area contributed by atoms with Crippen LogP contribution in [0.3, 0.4) is 0 Å². The predicted molar refractivity (Wildman–Crippen MR) is 106 cm³/mol. The molecule has 1 saturated carbocycles. The number of nitrogens with zero attached hydrogens (tertiary/aromatic N) is 1. The summed E-state index contributed by atoms with van der Waals surface area (Å²) in [7, 11) is 1.65. The van der Waals surface area contributed by atoms with Gasteiger partial charge in [0.25, 0.3) is 0 Å². The zero-order chi connectivity index (χ0) is 18.8. The summed E-state index contributed by atoms with van der Waals surface area (Å²) in [4.78, 5) is 27.8. The van der Waals surface area contributed by atoms with Gasteiger partial charge in [0.1, 0.15) is 5.75 Å². The first-order valence-electron chi connectivity index (χ1n) is 10.1. The third kappa shape index (κ3) is 3.71. The molecule has 2 fully saturated rings. The summed E-state index contributed by atoms with van der Waals surface area (Å²) in [5, 5.41) is 2.10. The van der Waals surface area contributed by atoms with Crippen molar-refractivity contribution in [3.8, 4) is 5.75 Å². The number of Topliss-reactive ketones (excluding diaryl/α,β-unsaturated/α-hetero) is 1. The molecule has 0 spiro atoms. The molecular weight excluding hydrogens is 338 g/mol. The molecule has 4 rings (SSSR count). The molecule has 1 heterocycles. The van der Waals surface area contributed by atoms with Crippen molar-refractivity contribution < 1.29 is 14.3 Å².